The molecule has 2 nitrogen and oxygen atoms in total. The summed E-state index contributed by atoms with van der Waals surface area (Å²) < 4.78 is 5.47. The Labute approximate surface area is 124 Å². The van der Waals surface area contributed by atoms with Crippen LogP contribution < -0.4 is 10.1 Å². The number of para-hydroxylation sites is 1. The van der Waals surface area contributed by atoms with Crippen LogP contribution in [0.2, 0.25) is 0 Å². The maximum atomic E-state index is 5.47. The average molecular weight is 287 g/mol. The van der Waals surface area contributed by atoms with Crippen LogP contribution in [0.1, 0.15) is 47.9 Å². The molecule has 0 radical (unpaired) electrons. The van der Waals surface area contributed by atoms with E-state index in [0.29, 0.717) is 12.1 Å². The molecule has 0 bridgehead atoms. The van der Waals surface area contributed by atoms with Crippen molar-refractivity contribution in [3.05, 3.63) is 51.7 Å². The lowest BCUT2D eigenvalue weighted by atomic mass is 9.92. The Morgan fingerprint density at radius 2 is 2.15 bits per heavy atom. The minimum Gasteiger partial charge on any atom is -0.496 e. The summed E-state index contributed by atoms with van der Waals surface area (Å²) in [5, 5.41) is 6.00. The summed E-state index contributed by atoms with van der Waals surface area (Å²) in [5.41, 5.74) is 2.74. The van der Waals surface area contributed by atoms with E-state index >= 15 is 0 Å². The molecule has 3 heteroatoms. The Bertz CT molecular complexity index is 578. The van der Waals surface area contributed by atoms with Gasteiger partial charge in [-0.05, 0) is 49.3 Å². The van der Waals surface area contributed by atoms with Crippen molar-refractivity contribution >= 4 is 11.3 Å². The molecule has 1 aliphatic rings. The van der Waals surface area contributed by atoms with Crippen molar-refractivity contribution in [3.8, 4) is 5.75 Å². The first kappa shape index (κ1) is 13.7. The molecule has 0 saturated carbocycles. The van der Waals surface area contributed by atoms with Crippen molar-refractivity contribution in [3.63, 3.8) is 0 Å². The van der Waals surface area contributed by atoms with E-state index in [-0.39, 0.29) is 0 Å². The van der Waals surface area contributed by atoms with Gasteiger partial charge in [0.2, 0.25) is 0 Å². The molecule has 0 amide bonds. The smallest absolute Gasteiger partial charge is 0.123 e. The number of thiophene rings is 1. The van der Waals surface area contributed by atoms with Crippen LogP contribution in [0.5, 0.6) is 5.75 Å². The van der Waals surface area contributed by atoms with Gasteiger partial charge in [0, 0.05) is 22.5 Å². The SMILES string of the molecule is COc1ccccc1[C@@H](C)NC1CCCc2sccc21. The average Bonchev–Trinajstić information content (AvgIpc) is 2.96. The zero-order chi connectivity index (χ0) is 13.9. The Morgan fingerprint density at radius 1 is 1.30 bits per heavy atom. The predicted octanol–water partition coefficient (Wildman–Crippen LogP) is 4.48. The Kier molecular flexibility index (Phi) is 4.08. The van der Waals surface area contributed by atoms with Gasteiger partial charge in [-0.15, -0.1) is 11.3 Å². The fourth-order valence-electron chi connectivity index (χ4n) is 3.08. The molecule has 1 aromatic heterocycles. The quantitative estimate of drug-likeness (QED) is 0.895. The number of benzene rings is 1. The van der Waals surface area contributed by atoms with Crippen molar-refractivity contribution in [1.82, 2.24) is 5.32 Å². The molecule has 2 aromatic rings. The number of hydrogen-bond donors (Lipinski definition) is 1. The second kappa shape index (κ2) is 5.98. The lowest BCUT2D eigenvalue weighted by Crippen LogP contribution is -2.27. The van der Waals surface area contributed by atoms with Crippen LogP contribution in [0.3, 0.4) is 0 Å². The van der Waals surface area contributed by atoms with E-state index in [4.69, 9.17) is 4.74 Å². The third-order valence-electron chi connectivity index (χ3n) is 4.11. The molecule has 0 fully saturated rings. The van der Waals surface area contributed by atoms with Gasteiger partial charge in [-0.2, -0.15) is 0 Å². The summed E-state index contributed by atoms with van der Waals surface area (Å²) in [5.74, 6) is 0.967. The standard InChI is InChI=1S/C17H21NOS/c1-12(13-6-3-4-8-16(13)19-2)18-15-7-5-9-17-14(15)10-11-20-17/h3-4,6,8,10-12,15,18H,5,7,9H2,1-2H3/t12-,15?/m1/s1. The topological polar surface area (TPSA) is 21.3 Å². The number of rotatable bonds is 4. The minimum absolute atomic E-state index is 0.294. The second-order valence-electron chi connectivity index (χ2n) is 5.37. The zero-order valence-corrected chi connectivity index (χ0v) is 12.9. The minimum atomic E-state index is 0.294. The predicted molar refractivity (Wildman–Crippen MR) is 84.5 cm³/mol. The van der Waals surface area contributed by atoms with Crippen LogP contribution in [0.25, 0.3) is 0 Å². The highest BCUT2D eigenvalue weighted by Gasteiger charge is 2.23. The van der Waals surface area contributed by atoms with Gasteiger partial charge < -0.3 is 10.1 Å². The number of ether oxygens (including phenoxy) is 1. The normalized spacial score (nSPS) is 19.4. The van der Waals surface area contributed by atoms with Gasteiger partial charge in [-0.3, -0.25) is 0 Å². The molecular formula is C17H21NOS. The van der Waals surface area contributed by atoms with Crippen molar-refractivity contribution in [1.29, 1.82) is 0 Å². The summed E-state index contributed by atoms with van der Waals surface area (Å²) in [7, 11) is 1.74. The highest BCUT2D eigenvalue weighted by Crippen LogP contribution is 2.35. The summed E-state index contributed by atoms with van der Waals surface area (Å²) >= 11 is 1.89. The Balaban J connectivity index is 1.79. The molecule has 3 rings (SSSR count). The summed E-state index contributed by atoms with van der Waals surface area (Å²) in [6.45, 7) is 2.22. The van der Waals surface area contributed by atoms with Gasteiger partial charge >= 0.3 is 0 Å². The van der Waals surface area contributed by atoms with E-state index < -0.39 is 0 Å². The van der Waals surface area contributed by atoms with Crippen LogP contribution in [0.4, 0.5) is 0 Å². The van der Waals surface area contributed by atoms with Crippen LogP contribution in [-0.4, -0.2) is 7.11 Å². The van der Waals surface area contributed by atoms with Crippen LogP contribution in [-0.2, 0) is 6.42 Å². The molecule has 2 atom stereocenters. The van der Waals surface area contributed by atoms with E-state index in [0.717, 1.165) is 5.75 Å². The summed E-state index contributed by atoms with van der Waals surface area (Å²) in [6.07, 6.45) is 3.75. The first-order valence-corrected chi connectivity index (χ1v) is 8.13. The first-order chi connectivity index (χ1) is 9.79. The van der Waals surface area contributed by atoms with Crippen LogP contribution in [0, 0.1) is 0 Å². The van der Waals surface area contributed by atoms with E-state index in [1.807, 2.05) is 23.5 Å². The fraction of sp³-hybridized carbons (Fsp3) is 0.412. The molecule has 0 saturated heterocycles. The van der Waals surface area contributed by atoms with Gasteiger partial charge in [0.05, 0.1) is 7.11 Å². The van der Waals surface area contributed by atoms with E-state index in [9.17, 15) is 0 Å². The Morgan fingerprint density at radius 3 is 3.00 bits per heavy atom. The maximum Gasteiger partial charge on any atom is 0.123 e. The maximum absolute atomic E-state index is 5.47. The number of methoxy groups -OCH3 is 1. The van der Waals surface area contributed by atoms with Crippen molar-refractivity contribution in [2.75, 3.05) is 7.11 Å². The van der Waals surface area contributed by atoms with Crippen LogP contribution >= 0.6 is 11.3 Å². The van der Waals surface area contributed by atoms with Gasteiger partial charge in [0.25, 0.3) is 0 Å². The molecule has 1 aromatic carbocycles. The number of nitrogens with one attached hydrogen (secondary N) is 1. The zero-order valence-electron chi connectivity index (χ0n) is 12.1. The van der Waals surface area contributed by atoms with E-state index in [2.05, 4.69) is 35.8 Å². The van der Waals surface area contributed by atoms with E-state index in [1.165, 1.54) is 30.4 Å². The molecular weight excluding hydrogens is 266 g/mol. The van der Waals surface area contributed by atoms with Crippen molar-refractivity contribution in [2.45, 2.75) is 38.3 Å². The van der Waals surface area contributed by atoms with Crippen molar-refractivity contribution < 1.29 is 4.74 Å². The lowest BCUT2D eigenvalue weighted by Gasteiger charge is -2.28. The molecule has 0 spiro atoms. The molecule has 1 N–H and O–H groups in total. The molecule has 1 unspecified atom stereocenters. The monoisotopic (exact) mass is 287 g/mol. The molecule has 0 aliphatic heterocycles. The van der Waals surface area contributed by atoms with Gasteiger partial charge in [-0.1, -0.05) is 18.2 Å². The summed E-state index contributed by atoms with van der Waals surface area (Å²) in [6, 6.07) is 11.3. The number of fused-ring (bicyclic) bond motifs is 1. The van der Waals surface area contributed by atoms with Gasteiger partial charge in [0.1, 0.15) is 5.75 Å². The third kappa shape index (κ3) is 2.60. The highest BCUT2D eigenvalue weighted by molar-refractivity contribution is 7.10. The second-order valence-corrected chi connectivity index (χ2v) is 6.37. The largest absolute Gasteiger partial charge is 0.496 e. The first-order valence-electron chi connectivity index (χ1n) is 7.25. The van der Waals surface area contributed by atoms with Gasteiger partial charge in [-0.25, -0.2) is 0 Å². The number of aryl methyl sites for hydroxylation is 1. The van der Waals surface area contributed by atoms with E-state index in [1.54, 1.807) is 12.0 Å². The van der Waals surface area contributed by atoms with Gasteiger partial charge in [0.15, 0.2) is 0 Å². The highest BCUT2D eigenvalue weighted by atomic mass is 32.1. The van der Waals surface area contributed by atoms with Crippen molar-refractivity contribution in [2.24, 2.45) is 0 Å². The molecule has 1 aliphatic carbocycles. The molecule has 20 heavy (non-hydrogen) atoms. The van der Waals surface area contributed by atoms with Crippen LogP contribution in [0.15, 0.2) is 35.7 Å². The Hall–Kier alpha value is -1.32. The molecule has 106 valence electrons. The lowest BCUT2D eigenvalue weighted by molar-refractivity contribution is 0.383. The fourth-order valence-corrected chi connectivity index (χ4v) is 4.06. The summed E-state index contributed by atoms with van der Waals surface area (Å²) in [4.78, 5) is 1.56. The molecule has 1 heterocycles. The number of hydrogen-bond acceptors (Lipinski definition) is 3. The third-order valence-corrected chi connectivity index (χ3v) is 5.11.